The fourth-order valence-corrected chi connectivity index (χ4v) is 1.85. The Balaban J connectivity index is 2.22. The van der Waals surface area contributed by atoms with Crippen LogP contribution in [-0.4, -0.2) is 38.1 Å². The lowest BCUT2D eigenvalue weighted by molar-refractivity contribution is 0.252. The van der Waals surface area contributed by atoms with Crippen molar-refractivity contribution >= 4 is 0 Å². The predicted octanol–water partition coefficient (Wildman–Crippen LogP) is 1.19. The van der Waals surface area contributed by atoms with Crippen molar-refractivity contribution in [3.05, 3.63) is 0 Å². The van der Waals surface area contributed by atoms with Crippen LogP contribution in [0, 0.1) is 24.2 Å². The van der Waals surface area contributed by atoms with Gasteiger partial charge < -0.3 is 5.32 Å². The van der Waals surface area contributed by atoms with E-state index in [1.54, 1.807) is 0 Å². The SMILES string of the molecule is C#CCN(CC(C)CNC)CC1CC1. The van der Waals surface area contributed by atoms with Crippen molar-refractivity contribution in [2.75, 3.05) is 33.2 Å². The van der Waals surface area contributed by atoms with Gasteiger partial charge >= 0.3 is 0 Å². The number of hydrogen-bond donors (Lipinski definition) is 1. The summed E-state index contributed by atoms with van der Waals surface area (Å²) < 4.78 is 0. The van der Waals surface area contributed by atoms with Gasteiger partial charge in [0.2, 0.25) is 0 Å². The molecule has 0 aromatic rings. The standard InChI is InChI=1S/C12H22N2/c1-4-7-14(10-12-5-6-12)9-11(2)8-13-3/h1,11-13H,5-10H2,2-3H3. The van der Waals surface area contributed by atoms with Gasteiger partial charge in [-0.2, -0.15) is 0 Å². The topological polar surface area (TPSA) is 15.3 Å². The highest BCUT2D eigenvalue weighted by atomic mass is 15.1. The van der Waals surface area contributed by atoms with E-state index in [9.17, 15) is 0 Å². The molecule has 1 aliphatic carbocycles. The largest absolute Gasteiger partial charge is 0.319 e. The summed E-state index contributed by atoms with van der Waals surface area (Å²) in [5.74, 6) is 4.38. The van der Waals surface area contributed by atoms with Gasteiger partial charge in [-0.1, -0.05) is 12.8 Å². The van der Waals surface area contributed by atoms with Crippen molar-refractivity contribution in [3.8, 4) is 12.3 Å². The van der Waals surface area contributed by atoms with Crippen LogP contribution in [0.25, 0.3) is 0 Å². The van der Waals surface area contributed by atoms with E-state index in [0.717, 1.165) is 25.6 Å². The molecule has 1 unspecified atom stereocenters. The Morgan fingerprint density at radius 3 is 2.79 bits per heavy atom. The summed E-state index contributed by atoms with van der Waals surface area (Å²) in [4.78, 5) is 2.42. The van der Waals surface area contributed by atoms with Crippen LogP contribution in [0.1, 0.15) is 19.8 Å². The van der Waals surface area contributed by atoms with Crippen LogP contribution in [0.3, 0.4) is 0 Å². The first-order valence-corrected chi connectivity index (χ1v) is 5.56. The molecule has 1 saturated carbocycles. The van der Waals surface area contributed by atoms with E-state index in [-0.39, 0.29) is 0 Å². The normalized spacial score (nSPS) is 18.1. The van der Waals surface area contributed by atoms with Crippen LogP contribution in [0.2, 0.25) is 0 Å². The Labute approximate surface area is 88.1 Å². The van der Waals surface area contributed by atoms with E-state index >= 15 is 0 Å². The fourth-order valence-electron chi connectivity index (χ4n) is 1.85. The lowest BCUT2D eigenvalue weighted by Gasteiger charge is -2.23. The summed E-state index contributed by atoms with van der Waals surface area (Å²) >= 11 is 0. The molecule has 0 amide bonds. The van der Waals surface area contributed by atoms with Crippen molar-refractivity contribution in [3.63, 3.8) is 0 Å². The molecule has 0 heterocycles. The first-order valence-electron chi connectivity index (χ1n) is 5.56. The average Bonchev–Trinajstić information content (AvgIpc) is 2.89. The molecule has 80 valence electrons. The molecule has 0 aromatic heterocycles. The van der Waals surface area contributed by atoms with Gasteiger partial charge in [-0.05, 0) is 38.3 Å². The molecule has 2 nitrogen and oxygen atoms in total. The number of terminal acetylenes is 1. The van der Waals surface area contributed by atoms with Gasteiger partial charge in [-0.3, -0.25) is 4.90 Å². The monoisotopic (exact) mass is 194 g/mol. The van der Waals surface area contributed by atoms with Gasteiger partial charge in [0.25, 0.3) is 0 Å². The quantitative estimate of drug-likeness (QED) is 0.612. The van der Waals surface area contributed by atoms with Crippen LogP contribution < -0.4 is 5.32 Å². The molecule has 0 bridgehead atoms. The summed E-state index contributed by atoms with van der Waals surface area (Å²) in [6, 6.07) is 0. The molecule has 1 fully saturated rings. The average molecular weight is 194 g/mol. The zero-order chi connectivity index (χ0) is 10.4. The maximum absolute atomic E-state index is 5.37. The molecule has 0 spiro atoms. The van der Waals surface area contributed by atoms with Crippen LogP contribution in [0.5, 0.6) is 0 Å². The summed E-state index contributed by atoms with van der Waals surface area (Å²) in [6.07, 6.45) is 8.18. The van der Waals surface area contributed by atoms with Gasteiger partial charge in [0, 0.05) is 13.1 Å². The molecular formula is C12H22N2. The van der Waals surface area contributed by atoms with Crippen LogP contribution in [0.15, 0.2) is 0 Å². The third-order valence-electron chi connectivity index (χ3n) is 2.65. The van der Waals surface area contributed by atoms with Gasteiger partial charge in [0.05, 0.1) is 6.54 Å². The van der Waals surface area contributed by atoms with Crippen LogP contribution in [-0.2, 0) is 0 Å². The summed E-state index contributed by atoms with van der Waals surface area (Å²) in [5.41, 5.74) is 0. The van der Waals surface area contributed by atoms with Crippen molar-refractivity contribution in [1.29, 1.82) is 0 Å². The highest BCUT2D eigenvalue weighted by Gasteiger charge is 2.24. The molecule has 0 aromatic carbocycles. The Morgan fingerprint density at radius 1 is 1.57 bits per heavy atom. The zero-order valence-corrected chi connectivity index (χ0v) is 9.42. The number of nitrogens with one attached hydrogen (secondary N) is 1. The molecular weight excluding hydrogens is 172 g/mol. The molecule has 0 saturated heterocycles. The van der Waals surface area contributed by atoms with Crippen LogP contribution in [0.4, 0.5) is 0 Å². The molecule has 1 rings (SSSR count). The Kier molecular flexibility index (Phi) is 5.00. The minimum atomic E-state index is 0.687. The second kappa shape index (κ2) is 6.06. The van der Waals surface area contributed by atoms with Crippen molar-refractivity contribution in [2.24, 2.45) is 11.8 Å². The van der Waals surface area contributed by atoms with Crippen molar-refractivity contribution < 1.29 is 0 Å². The van der Waals surface area contributed by atoms with Crippen molar-refractivity contribution in [1.82, 2.24) is 10.2 Å². The molecule has 0 aliphatic heterocycles. The first kappa shape index (κ1) is 11.6. The third-order valence-corrected chi connectivity index (χ3v) is 2.65. The van der Waals surface area contributed by atoms with Gasteiger partial charge in [0.1, 0.15) is 0 Å². The molecule has 1 atom stereocenters. The molecule has 2 heteroatoms. The Hall–Kier alpha value is -0.520. The lowest BCUT2D eigenvalue weighted by Crippen LogP contribution is -2.34. The minimum absolute atomic E-state index is 0.687. The van der Waals surface area contributed by atoms with Gasteiger partial charge in [-0.25, -0.2) is 0 Å². The van der Waals surface area contributed by atoms with Crippen molar-refractivity contribution in [2.45, 2.75) is 19.8 Å². The van der Waals surface area contributed by atoms with Gasteiger partial charge in [-0.15, -0.1) is 6.42 Å². The Bertz CT molecular complexity index is 191. The first-order chi connectivity index (χ1) is 6.76. The van der Waals surface area contributed by atoms with Crippen LogP contribution >= 0.6 is 0 Å². The zero-order valence-electron chi connectivity index (χ0n) is 9.42. The summed E-state index contributed by atoms with van der Waals surface area (Å²) in [5, 5.41) is 3.21. The second-order valence-corrected chi connectivity index (χ2v) is 4.50. The highest BCUT2D eigenvalue weighted by molar-refractivity contribution is 4.90. The second-order valence-electron chi connectivity index (χ2n) is 4.50. The maximum atomic E-state index is 5.37. The van der Waals surface area contributed by atoms with E-state index in [1.165, 1.54) is 19.4 Å². The number of rotatable bonds is 7. The van der Waals surface area contributed by atoms with E-state index in [0.29, 0.717) is 5.92 Å². The smallest absolute Gasteiger partial charge is 0.0599 e. The van der Waals surface area contributed by atoms with E-state index in [2.05, 4.69) is 23.1 Å². The molecule has 1 N–H and O–H groups in total. The summed E-state index contributed by atoms with van der Waals surface area (Å²) in [7, 11) is 2.00. The molecule has 0 radical (unpaired) electrons. The van der Waals surface area contributed by atoms with E-state index in [4.69, 9.17) is 6.42 Å². The predicted molar refractivity (Wildman–Crippen MR) is 61.1 cm³/mol. The summed E-state index contributed by atoms with van der Waals surface area (Å²) in [6.45, 7) is 6.49. The molecule has 1 aliphatic rings. The fraction of sp³-hybridized carbons (Fsp3) is 0.833. The number of nitrogens with zero attached hydrogens (tertiary/aromatic N) is 1. The maximum Gasteiger partial charge on any atom is 0.0599 e. The number of hydrogen-bond acceptors (Lipinski definition) is 2. The minimum Gasteiger partial charge on any atom is -0.319 e. The highest BCUT2D eigenvalue weighted by Crippen LogP contribution is 2.29. The van der Waals surface area contributed by atoms with E-state index < -0.39 is 0 Å². The van der Waals surface area contributed by atoms with E-state index in [1.807, 2.05) is 7.05 Å². The third kappa shape index (κ3) is 4.64. The molecule has 14 heavy (non-hydrogen) atoms. The lowest BCUT2D eigenvalue weighted by atomic mass is 10.1. The van der Waals surface area contributed by atoms with Gasteiger partial charge in [0.15, 0.2) is 0 Å². The Morgan fingerprint density at radius 2 is 2.29 bits per heavy atom.